The van der Waals surface area contributed by atoms with Gasteiger partial charge in [-0.15, -0.1) is 6.58 Å². The summed E-state index contributed by atoms with van der Waals surface area (Å²) in [5.74, 6) is -0.148. The van der Waals surface area contributed by atoms with Crippen LogP contribution in [0.25, 0.3) is 0 Å². The van der Waals surface area contributed by atoms with Crippen LogP contribution >= 0.6 is 0 Å². The van der Waals surface area contributed by atoms with Gasteiger partial charge in [0.15, 0.2) is 0 Å². The number of carbonyl (C=O) groups is 1. The molecule has 0 unspecified atom stereocenters. The molecule has 0 bridgehead atoms. The van der Waals surface area contributed by atoms with Gasteiger partial charge in [0, 0.05) is 13.1 Å². The van der Waals surface area contributed by atoms with E-state index in [1.807, 2.05) is 0 Å². The maximum Gasteiger partial charge on any atom is 0.335 e. The fourth-order valence-electron chi connectivity index (χ4n) is 2.87. The smallest absolute Gasteiger partial charge is 0.335 e. The van der Waals surface area contributed by atoms with E-state index < -0.39 is 31.0 Å². The lowest BCUT2D eigenvalue weighted by atomic mass is 10.2. The number of rotatable bonds is 7. The van der Waals surface area contributed by atoms with Crippen LogP contribution in [0, 0.1) is 0 Å². The number of hydrogen-bond donors (Lipinski definition) is 2. The zero-order chi connectivity index (χ0) is 22.8. The highest BCUT2D eigenvalue weighted by molar-refractivity contribution is 7.93. The van der Waals surface area contributed by atoms with Crippen molar-refractivity contribution in [3.63, 3.8) is 0 Å². The first kappa shape index (κ1) is 22.5. The molecule has 0 atom stereocenters. The molecule has 1 aromatic heterocycles. The molecular weight excluding hydrogens is 450 g/mol. The summed E-state index contributed by atoms with van der Waals surface area (Å²) in [6.07, 6.45) is 1.39. The van der Waals surface area contributed by atoms with Crippen molar-refractivity contribution in [2.45, 2.75) is 16.3 Å². The largest absolute Gasteiger partial charge is 0.481 e. The highest BCUT2D eigenvalue weighted by Crippen LogP contribution is 2.35. The Morgan fingerprint density at radius 2 is 1.90 bits per heavy atom. The highest BCUT2D eigenvalue weighted by atomic mass is 32.2. The van der Waals surface area contributed by atoms with E-state index in [0.29, 0.717) is 5.56 Å². The lowest BCUT2D eigenvalue weighted by molar-refractivity contribution is 0.256. The maximum atomic E-state index is 12.8. The summed E-state index contributed by atoms with van der Waals surface area (Å²) in [5.41, 5.74) is 0.297. The van der Waals surface area contributed by atoms with Gasteiger partial charge >= 0.3 is 6.03 Å². The Kier molecular flexibility index (Phi) is 6.15. The molecule has 2 amide bonds. The number of benzene rings is 1. The number of fused-ring (bicyclic) bond motifs is 1. The van der Waals surface area contributed by atoms with Crippen LogP contribution in [0.4, 0.5) is 10.7 Å². The summed E-state index contributed by atoms with van der Waals surface area (Å²) in [4.78, 5) is 19.1. The second-order valence-corrected chi connectivity index (χ2v) is 9.69. The predicted molar refractivity (Wildman–Crippen MR) is 109 cm³/mol. The van der Waals surface area contributed by atoms with Gasteiger partial charge in [0.05, 0.1) is 20.3 Å². The Hall–Kier alpha value is -3.23. The topological polar surface area (TPSA) is 157 Å². The molecule has 3 rings (SSSR count). The second-order valence-electron chi connectivity index (χ2n) is 6.17. The number of nitrogens with zero attached hydrogens (tertiary/aromatic N) is 3. The normalized spacial score (nSPS) is 15.0. The fraction of sp³-hybridized carbons (Fsp3) is 0.235. The Morgan fingerprint density at radius 1 is 1.26 bits per heavy atom. The Bertz CT molecular complexity index is 1220. The van der Waals surface area contributed by atoms with E-state index >= 15 is 0 Å². The number of aromatic nitrogens is 2. The first-order valence-corrected chi connectivity index (χ1v) is 11.6. The van der Waals surface area contributed by atoms with Crippen molar-refractivity contribution >= 4 is 32.0 Å². The van der Waals surface area contributed by atoms with Crippen LogP contribution in [-0.4, -0.2) is 57.9 Å². The van der Waals surface area contributed by atoms with E-state index in [1.54, 1.807) is 4.72 Å². The standard InChI is InChI=1S/C17H19N5O7S2/c1-4-8-22-10-11-6-5-7-12(15(11)31(22,26)27)30(24,25)21-17(23)20-16-18-13(28-2)9-14(19-16)29-3/h4-7,9H,1,8,10H2,2-3H3,(H2,18,19,20,21,23). The van der Waals surface area contributed by atoms with Crippen LogP contribution in [0.1, 0.15) is 5.56 Å². The van der Waals surface area contributed by atoms with Crippen molar-refractivity contribution in [3.8, 4) is 11.8 Å². The van der Waals surface area contributed by atoms with Gasteiger partial charge in [-0.3, -0.25) is 5.32 Å². The first-order chi connectivity index (χ1) is 14.6. The van der Waals surface area contributed by atoms with Crippen LogP contribution in [0.5, 0.6) is 11.8 Å². The number of ether oxygens (including phenoxy) is 2. The Morgan fingerprint density at radius 3 is 2.48 bits per heavy atom. The lowest BCUT2D eigenvalue weighted by Crippen LogP contribution is -2.35. The summed E-state index contributed by atoms with van der Waals surface area (Å²) >= 11 is 0. The second kappa shape index (κ2) is 8.49. The molecule has 1 aromatic carbocycles. The van der Waals surface area contributed by atoms with Crippen molar-refractivity contribution in [3.05, 3.63) is 42.5 Å². The molecule has 166 valence electrons. The number of nitrogens with one attached hydrogen (secondary N) is 2. The minimum absolute atomic E-state index is 0.00329. The Labute approximate surface area is 179 Å². The van der Waals surface area contributed by atoms with E-state index in [0.717, 1.165) is 10.4 Å². The molecule has 0 aliphatic carbocycles. The summed E-state index contributed by atoms with van der Waals surface area (Å²) in [6.45, 7) is 3.52. The minimum atomic E-state index is -4.56. The zero-order valence-corrected chi connectivity index (χ0v) is 18.2. The van der Waals surface area contributed by atoms with Gasteiger partial charge in [-0.2, -0.15) is 14.3 Å². The molecule has 0 spiro atoms. The van der Waals surface area contributed by atoms with Gasteiger partial charge in [-0.25, -0.2) is 26.4 Å². The molecule has 2 aromatic rings. The lowest BCUT2D eigenvalue weighted by Gasteiger charge is -2.13. The van der Waals surface area contributed by atoms with Gasteiger partial charge in [0.25, 0.3) is 10.0 Å². The number of hydrogen-bond acceptors (Lipinski definition) is 9. The van der Waals surface area contributed by atoms with Crippen LogP contribution in [0.15, 0.2) is 46.7 Å². The average Bonchev–Trinajstić information content (AvgIpc) is 2.97. The molecular formula is C17H19N5O7S2. The molecule has 2 heterocycles. The zero-order valence-electron chi connectivity index (χ0n) is 16.5. The summed E-state index contributed by atoms with van der Waals surface area (Å²) < 4.78 is 64.0. The fourth-order valence-corrected chi connectivity index (χ4v) is 6.21. The number of methoxy groups -OCH3 is 2. The van der Waals surface area contributed by atoms with Gasteiger partial charge in [0.2, 0.25) is 27.7 Å². The molecule has 0 saturated heterocycles. The van der Waals surface area contributed by atoms with Crippen LogP contribution in [0.2, 0.25) is 0 Å². The molecule has 12 nitrogen and oxygen atoms in total. The third-order valence-electron chi connectivity index (χ3n) is 4.18. The number of sulfonamides is 2. The summed E-state index contributed by atoms with van der Waals surface area (Å²) in [5, 5.41) is 2.15. The van der Waals surface area contributed by atoms with Crippen LogP contribution in [0.3, 0.4) is 0 Å². The third-order valence-corrected chi connectivity index (χ3v) is 7.64. The molecule has 0 fully saturated rings. The van der Waals surface area contributed by atoms with Gasteiger partial charge in [-0.05, 0) is 11.6 Å². The number of carbonyl (C=O) groups excluding carboxylic acids is 1. The molecule has 0 radical (unpaired) electrons. The van der Waals surface area contributed by atoms with Gasteiger partial charge in [0.1, 0.15) is 9.79 Å². The Balaban J connectivity index is 1.89. The van der Waals surface area contributed by atoms with Gasteiger partial charge < -0.3 is 9.47 Å². The molecule has 0 saturated carbocycles. The van der Waals surface area contributed by atoms with Crippen molar-refractivity contribution in [2.24, 2.45) is 0 Å². The highest BCUT2D eigenvalue weighted by Gasteiger charge is 2.39. The maximum absolute atomic E-state index is 12.8. The molecule has 1 aliphatic heterocycles. The minimum Gasteiger partial charge on any atom is -0.481 e. The molecule has 31 heavy (non-hydrogen) atoms. The van der Waals surface area contributed by atoms with Crippen molar-refractivity contribution in [2.75, 3.05) is 26.1 Å². The first-order valence-electron chi connectivity index (χ1n) is 8.66. The van der Waals surface area contributed by atoms with E-state index in [-0.39, 0.29) is 35.7 Å². The molecule has 2 N–H and O–H groups in total. The molecule has 14 heteroatoms. The summed E-state index contributed by atoms with van der Waals surface area (Å²) in [6, 6.07) is 4.16. The quantitative estimate of drug-likeness (QED) is 0.557. The number of amides is 2. The monoisotopic (exact) mass is 469 g/mol. The van der Waals surface area contributed by atoms with E-state index in [9.17, 15) is 21.6 Å². The van der Waals surface area contributed by atoms with Crippen LogP contribution < -0.4 is 19.5 Å². The van der Waals surface area contributed by atoms with Crippen LogP contribution in [-0.2, 0) is 26.6 Å². The SMILES string of the molecule is C=CCN1Cc2cccc(S(=O)(=O)NC(=O)Nc3nc(OC)cc(OC)n3)c2S1(=O)=O. The third kappa shape index (κ3) is 4.45. The predicted octanol–water partition coefficient (Wildman–Crippen LogP) is 0.695. The van der Waals surface area contributed by atoms with E-state index in [2.05, 4.69) is 21.9 Å². The van der Waals surface area contributed by atoms with E-state index in [1.165, 1.54) is 38.5 Å². The average molecular weight is 470 g/mol. The number of anilines is 1. The van der Waals surface area contributed by atoms with Crippen molar-refractivity contribution in [1.29, 1.82) is 0 Å². The van der Waals surface area contributed by atoms with E-state index in [4.69, 9.17) is 9.47 Å². The van der Waals surface area contributed by atoms with Crippen molar-refractivity contribution < 1.29 is 31.1 Å². The summed E-state index contributed by atoms with van der Waals surface area (Å²) in [7, 11) is -5.97. The molecule has 1 aliphatic rings. The number of urea groups is 1. The van der Waals surface area contributed by atoms with Gasteiger partial charge in [-0.1, -0.05) is 18.2 Å². The van der Waals surface area contributed by atoms with Crippen molar-refractivity contribution in [1.82, 2.24) is 19.0 Å².